The van der Waals surface area contributed by atoms with Gasteiger partial charge in [-0.2, -0.15) is 4.31 Å². The standard InChI is InChI=1S/C21H29N3O4S/c1-15(23-20(25)28-21(2,3)4)16-9-12-24(13-10-16)29(26,27)19-7-5-6-17-14-22-11-8-18(17)19/h5-8,11,14-16H,9-10,12-13H2,1-4H3,(H,23,25)/t15-/m1/s1. The maximum absolute atomic E-state index is 13.2. The van der Waals surface area contributed by atoms with Crippen molar-refractivity contribution >= 4 is 26.9 Å². The lowest BCUT2D eigenvalue weighted by Gasteiger charge is -2.34. The van der Waals surface area contributed by atoms with Crippen LogP contribution in [0.2, 0.25) is 0 Å². The molecule has 1 saturated heterocycles. The van der Waals surface area contributed by atoms with Crippen molar-refractivity contribution in [3.63, 3.8) is 0 Å². The maximum atomic E-state index is 13.2. The molecule has 7 nitrogen and oxygen atoms in total. The van der Waals surface area contributed by atoms with E-state index in [9.17, 15) is 13.2 Å². The van der Waals surface area contributed by atoms with Gasteiger partial charge in [-0.3, -0.25) is 4.98 Å². The molecule has 158 valence electrons. The first-order chi connectivity index (χ1) is 13.6. The zero-order chi connectivity index (χ0) is 21.2. The quantitative estimate of drug-likeness (QED) is 0.819. The van der Waals surface area contributed by atoms with Gasteiger partial charge in [-0.25, -0.2) is 13.2 Å². The molecule has 2 heterocycles. The smallest absolute Gasteiger partial charge is 0.407 e. The fraction of sp³-hybridized carbons (Fsp3) is 0.524. The van der Waals surface area contributed by atoms with Gasteiger partial charge in [-0.05, 0) is 58.6 Å². The molecule has 1 fully saturated rings. The first-order valence-corrected chi connectivity index (χ1v) is 11.3. The van der Waals surface area contributed by atoms with Gasteiger partial charge < -0.3 is 10.1 Å². The van der Waals surface area contributed by atoms with Crippen LogP contribution in [0.15, 0.2) is 41.6 Å². The first kappa shape index (κ1) is 21.5. The third-order valence-electron chi connectivity index (χ3n) is 5.21. The van der Waals surface area contributed by atoms with E-state index in [0.29, 0.717) is 36.2 Å². The normalized spacial score (nSPS) is 17.8. The van der Waals surface area contributed by atoms with Crippen LogP contribution in [0, 0.1) is 5.92 Å². The van der Waals surface area contributed by atoms with Crippen molar-refractivity contribution in [3.8, 4) is 0 Å². The van der Waals surface area contributed by atoms with E-state index in [2.05, 4.69) is 10.3 Å². The van der Waals surface area contributed by atoms with Gasteiger partial charge in [0.25, 0.3) is 0 Å². The third kappa shape index (κ3) is 5.05. The number of sulfonamides is 1. The average Bonchev–Trinajstić information content (AvgIpc) is 2.66. The van der Waals surface area contributed by atoms with Gasteiger partial charge in [-0.15, -0.1) is 0 Å². The molecular weight excluding hydrogens is 390 g/mol. The SMILES string of the molecule is C[C@@H](NC(=O)OC(C)(C)C)C1CCN(S(=O)(=O)c2cccc3cnccc23)CC1. The number of carbonyl (C=O) groups is 1. The number of hydrogen-bond acceptors (Lipinski definition) is 5. The summed E-state index contributed by atoms with van der Waals surface area (Å²) in [6.07, 6.45) is 4.21. The van der Waals surface area contributed by atoms with E-state index < -0.39 is 21.7 Å². The fourth-order valence-corrected chi connectivity index (χ4v) is 5.37. The van der Waals surface area contributed by atoms with Crippen LogP contribution < -0.4 is 5.32 Å². The van der Waals surface area contributed by atoms with Crippen molar-refractivity contribution in [2.24, 2.45) is 5.92 Å². The molecule has 1 aromatic carbocycles. The zero-order valence-electron chi connectivity index (χ0n) is 17.4. The van der Waals surface area contributed by atoms with E-state index in [-0.39, 0.29) is 12.0 Å². The van der Waals surface area contributed by atoms with E-state index in [1.807, 2.05) is 33.8 Å². The van der Waals surface area contributed by atoms with Gasteiger partial charge in [0.2, 0.25) is 10.0 Å². The Kier molecular flexibility index (Phi) is 6.14. The molecule has 1 atom stereocenters. The Morgan fingerprint density at radius 3 is 2.59 bits per heavy atom. The lowest BCUT2D eigenvalue weighted by molar-refractivity contribution is 0.0481. The van der Waals surface area contributed by atoms with Crippen molar-refractivity contribution in [3.05, 3.63) is 36.7 Å². The maximum Gasteiger partial charge on any atom is 0.407 e. The average molecular weight is 420 g/mol. The molecule has 3 rings (SSSR count). The number of amides is 1. The molecule has 0 saturated carbocycles. The highest BCUT2D eigenvalue weighted by Gasteiger charge is 2.33. The van der Waals surface area contributed by atoms with E-state index >= 15 is 0 Å². The Bertz CT molecular complexity index is 972. The number of nitrogens with zero attached hydrogens (tertiary/aromatic N) is 2. The molecule has 1 amide bonds. The molecule has 0 aliphatic carbocycles. The molecule has 0 radical (unpaired) electrons. The lowest BCUT2D eigenvalue weighted by Crippen LogP contribution is -2.46. The Morgan fingerprint density at radius 2 is 1.93 bits per heavy atom. The number of rotatable bonds is 4. The number of aromatic nitrogens is 1. The van der Waals surface area contributed by atoms with Crippen LogP contribution in [-0.4, -0.2) is 48.5 Å². The van der Waals surface area contributed by atoms with Crippen LogP contribution in [0.3, 0.4) is 0 Å². The molecule has 8 heteroatoms. The highest BCUT2D eigenvalue weighted by Crippen LogP contribution is 2.29. The van der Waals surface area contributed by atoms with Crippen LogP contribution in [-0.2, 0) is 14.8 Å². The van der Waals surface area contributed by atoms with Gasteiger partial charge in [0, 0.05) is 42.3 Å². The molecule has 1 aliphatic rings. The van der Waals surface area contributed by atoms with Crippen molar-refractivity contribution in [2.45, 2.75) is 57.1 Å². The van der Waals surface area contributed by atoms with Crippen LogP contribution in [0.4, 0.5) is 4.79 Å². The largest absolute Gasteiger partial charge is 0.444 e. The number of pyridine rings is 1. The Morgan fingerprint density at radius 1 is 1.24 bits per heavy atom. The number of piperidine rings is 1. The Balaban J connectivity index is 1.66. The molecule has 0 unspecified atom stereocenters. The number of alkyl carbamates (subject to hydrolysis) is 1. The predicted molar refractivity (Wildman–Crippen MR) is 112 cm³/mol. The van der Waals surface area contributed by atoms with Gasteiger partial charge in [0.1, 0.15) is 5.60 Å². The summed E-state index contributed by atoms with van der Waals surface area (Å²) < 4.78 is 33.3. The fourth-order valence-electron chi connectivity index (χ4n) is 3.68. The van der Waals surface area contributed by atoms with Crippen molar-refractivity contribution in [1.29, 1.82) is 0 Å². The van der Waals surface area contributed by atoms with Gasteiger partial charge in [-0.1, -0.05) is 12.1 Å². The van der Waals surface area contributed by atoms with Crippen LogP contribution in [0.5, 0.6) is 0 Å². The summed E-state index contributed by atoms with van der Waals surface area (Å²) in [6, 6.07) is 6.91. The molecule has 0 bridgehead atoms. The number of carbonyl (C=O) groups excluding carboxylic acids is 1. The monoisotopic (exact) mass is 419 g/mol. The number of benzene rings is 1. The second kappa shape index (κ2) is 8.28. The molecule has 2 aromatic rings. The van der Waals surface area contributed by atoms with Gasteiger partial charge in [0.05, 0.1) is 4.90 Å². The highest BCUT2D eigenvalue weighted by molar-refractivity contribution is 7.89. The number of nitrogens with one attached hydrogen (secondary N) is 1. The van der Waals surface area contributed by atoms with Crippen LogP contribution in [0.25, 0.3) is 10.8 Å². The van der Waals surface area contributed by atoms with Crippen molar-refractivity contribution in [2.75, 3.05) is 13.1 Å². The zero-order valence-corrected chi connectivity index (χ0v) is 18.2. The van der Waals surface area contributed by atoms with Crippen molar-refractivity contribution in [1.82, 2.24) is 14.6 Å². The van der Waals surface area contributed by atoms with E-state index in [0.717, 1.165) is 5.39 Å². The number of ether oxygens (including phenoxy) is 1. The topological polar surface area (TPSA) is 88.6 Å². The van der Waals surface area contributed by atoms with Crippen molar-refractivity contribution < 1.29 is 17.9 Å². The summed E-state index contributed by atoms with van der Waals surface area (Å²) in [5, 5.41) is 4.37. The summed E-state index contributed by atoms with van der Waals surface area (Å²) in [5.41, 5.74) is -0.546. The van der Waals surface area contributed by atoms with E-state index in [1.165, 1.54) is 0 Å². The summed E-state index contributed by atoms with van der Waals surface area (Å²) in [7, 11) is -3.59. The minimum absolute atomic E-state index is 0.0849. The lowest BCUT2D eigenvalue weighted by atomic mass is 9.91. The predicted octanol–water partition coefficient (Wildman–Crippen LogP) is 3.55. The van der Waals surface area contributed by atoms with E-state index in [4.69, 9.17) is 4.74 Å². The number of hydrogen-bond donors (Lipinski definition) is 1. The van der Waals surface area contributed by atoms with Gasteiger partial charge >= 0.3 is 6.09 Å². The summed E-state index contributed by atoms with van der Waals surface area (Å²) in [5.74, 6) is 0.200. The number of fused-ring (bicyclic) bond motifs is 1. The van der Waals surface area contributed by atoms with Gasteiger partial charge in [0.15, 0.2) is 0 Å². The highest BCUT2D eigenvalue weighted by atomic mass is 32.2. The Labute approximate surface area is 172 Å². The first-order valence-electron chi connectivity index (χ1n) is 9.90. The molecular formula is C21H29N3O4S. The van der Waals surface area contributed by atoms with Crippen LogP contribution >= 0.6 is 0 Å². The Hall–Kier alpha value is -2.19. The molecule has 1 N–H and O–H groups in total. The second-order valence-corrected chi connectivity index (χ2v) is 10.4. The third-order valence-corrected chi connectivity index (χ3v) is 7.17. The molecule has 29 heavy (non-hydrogen) atoms. The van der Waals surface area contributed by atoms with E-state index in [1.54, 1.807) is 34.9 Å². The van der Waals surface area contributed by atoms with Crippen LogP contribution in [0.1, 0.15) is 40.5 Å². The second-order valence-electron chi connectivity index (χ2n) is 8.53. The molecule has 0 spiro atoms. The summed E-state index contributed by atoms with van der Waals surface area (Å²) >= 11 is 0. The molecule has 1 aliphatic heterocycles. The minimum atomic E-state index is -3.59. The summed E-state index contributed by atoms with van der Waals surface area (Å²) in [4.78, 5) is 16.4. The molecule has 1 aromatic heterocycles. The summed E-state index contributed by atoms with van der Waals surface area (Å²) in [6.45, 7) is 8.26. The minimum Gasteiger partial charge on any atom is -0.444 e.